The van der Waals surface area contributed by atoms with Gasteiger partial charge in [-0.15, -0.1) is 0 Å². The largest absolute Gasteiger partial charge is 0.467 e. The van der Waals surface area contributed by atoms with Crippen molar-refractivity contribution < 1.29 is 13.6 Å². The molecule has 0 atom stereocenters. The van der Waals surface area contributed by atoms with Crippen molar-refractivity contribution in [3.63, 3.8) is 0 Å². The Hall–Kier alpha value is -2.61. The van der Waals surface area contributed by atoms with E-state index in [0.29, 0.717) is 31.7 Å². The lowest BCUT2D eigenvalue weighted by molar-refractivity contribution is -0.132. The summed E-state index contributed by atoms with van der Waals surface area (Å²) in [5.41, 5.74) is 0.910. The maximum Gasteiger partial charge on any atom is 0.223 e. The van der Waals surface area contributed by atoms with E-state index in [-0.39, 0.29) is 18.1 Å². The van der Waals surface area contributed by atoms with Crippen LogP contribution in [0, 0.1) is 17.1 Å². The highest BCUT2D eigenvalue weighted by Crippen LogP contribution is 2.11. The van der Waals surface area contributed by atoms with Crippen molar-refractivity contribution in [1.82, 2.24) is 4.90 Å². The summed E-state index contributed by atoms with van der Waals surface area (Å²) < 4.78 is 18.1. The minimum absolute atomic E-state index is 0.0454. The molecule has 1 heterocycles. The van der Waals surface area contributed by atoms with Gasteiger partial charge in [0, 0.05) is 13.0 Å². The average molecular weight is 300 g/mol. The third-order valence-electron chi connectivity index (χ3n) is 3.31. The van der Waals surface area contributed by atoms with Crippen molar-refractivity contribution >= 4 is 5.91 Å². The monoisotopic (exact) mass is 300 g/mol. The first-order chi connectivity index (χ1) is 10.7. The topological polar surface area (TPSA) is 57.2 Å². The van der Waals surface area contributed by atoms with Crippen molar-refractivity contribution in [2.75, 3.05) is 6.54 Å². The standard InChI is InChI=1S/C17H17FN2O2/c18-15-7-4-14(5-8-15)6-9-17(21)20(11-2-10-19)13-16-3-1-12-22-16/h1,3-5,7-8,12H,2,6,9,11,13H2. The lowest BCUT2D eigenvalue weighted by atomic mass is 10.1. The molecule has 2 rings (SSSR count). The van der Waals surface area contributed by atoms with Gasteiger partial charge in [0.1, 0.15) is 11.6 Å². The Morgan fingerprint density at radius 2 is 2.05 bits per heavy atom. The Kier molecular flexibility index (Phi) is 5.73. The van der Waals surface area contributed by atoms with E-state index in [1.54, 1.807) is 35.4 Å². The van der Waals surface area contributed by atoms with Gasteiger partial charge in [-0.05, 0) is 36.2 Å². The molecule has 0 unspecified atom stereocenters. The number of hydrogen-bond acceptors (Lipinski definition) is 3. The average Bonchev–Trinajstić information content (AvgIpc) is 3.03. The SMILES string of the molecule is N#CCCN(Cc1ccco1)C(=O)CCc1ccc(F)cc1. The molecule has 0 saturated carbocycles. The van der Waals surface area contributed by atoms with Gasteiger partial charge in [-0.25, -0.2) is 4.39 Å². The van der Waals surface area contributed by atoms with E-state index in [2.05, 4.69) is 0 Å². The quantitative estimate of drug-likeness (QED) is 0.788. The molecule has 0 bridgehead atoms. The van der Waals surface area contributed by atoms with Gasteiger partial charge in [-0.1, -0.05) is 12.1 Å². The minimum Gasteiger partial charge on any atom is -0.467 e. The summed E-state index contributed by atoms with van der Waals surface area (Å²) in [4.78, 5) is 13.9. The second kappa shape index (κ2) is 7.99. The van der Waals surface area contributed by atoms with Gasteiger partial charge in [-0.3, -0.25) is 4.79 Å². The van der Waals surface area contributed by atoms with Gasteiger partial charge in [-0.2, -0.15) is 5.26 Å². The molecule has 1 amide bonds. The fourth-order valence-corrected chi connectivity index (χ4v) is 2.13. The molecule has 0 aliphatic heterocycles. The molecule has 114 valence electrons. The predicted molar refractivity (Wildman–Crippen MR) is 79.1 cm³/mol. The highest BCUT2D eigenvalue weighted by atomic mass is 19.1. The molecular weight excluding hydrogens is 283 g/mol. The first-order valence-corrected chi connectivity index (χ1v) is 7.10. The van der Waals surface area contributed by atoms with E-state index in [9.17, 15) is 9.18 Å². The van der Waals surface area contributed by atoms with Gasteiger partial charge in [0.05, 0.1) is 25.3 Å². The Bertz CT molecular complexity index is 630. The fraction of sp³-hybridized carbons (Fsp3) is 0.294. The molecule has 0 radical (unpaired) electrons. The maximum atomic E-state index is 12.8. The number of hydrogen-bond donors (Lipinski definition) is 0. The zero-order chi connectivity index (χ0) is 15.8. The maximum absolute atomic E-state index is 12.8. The highest BCUT2D eigenvalue weighted by Gasteiger charge is 2.15. The third-order valence-corrected chi connectivity index (χ3v) is 3.31. The number of nitriles is 1. The number of rotatable bonds is 7. The van der Waals surface area contributed by atoms with E-state index < -0.39 is 0 Å². The molecular formula is C17H17FN2O2. The van der Waals surface area contributed by atoms with Crippen LogP contribution in [0.3, 0.4) is 0 Å². The first kappa shape index (κ1) is 15.8. The molecule has 1 aromatic carbocycles. The fourth-order valence-electron chi connectivity index (χ4n) is 2.13. The van der Waals surface area contributed by atoms with Crippen LogP contribution >= 0.6 is 0 Å². The van der Waals surface area contributed by atoms with Crippen LogP contribution in [-0.4, -0.2) is 17.4 Å². The minimum atomic E-state index is -0.288. The summed E-state index contributed by atoms with van der Waals surface area (Å²) in [5.74, 6) is 0.354. The van der Waals surface area contributed by atoms with Crippen LogP contribution in [-0.2, 0) is 17.8 Å². The summed E-state index contributed by atoms with van der Waals surface area (Å²) >= 11 is 0. The van der Waals surface area contributed by atoms with Crippen LogP contribution in [0.4, 0.5) is 4.39 Å². The number of halogens is 1. The van der Waals surface area contributed by atoms with E-state index in [0.717, 1.165) is 5.56 Å². The molecule has 0 aliphatic rings. The van der Waals surface area contributed by atoms with Crippen molar-refractivity contribution in [3.8, 4) is 6.07 Å². The third kappa shape index (κ3) is 4.74. The molecule has 1 aromatic heterocycles. The summed E-state index contributed by atoms with van der Waals surface area (Å²) in [6, 6.07) is 11.7. The summed E-state index contributed by atoms with van der Waals surface area (Å²) in [5, 5.41) is 8.71. The Balaban J connectivity index is 1.92. The smallest absolute Gasteiger partial charge is 0.223 e. The van der Waals surface area contributed by atoms with Gasteiger partial charge in [0.2, 0.25) is 5.91 Å². The second-order valence-electron chi connectivity index (χ2n) is 4.93. The Labute approximate surface area is 128 Å². The number of nitrogens with zero attached hydrogens (tertiary/aromatic N) is 2. The van der Waals surface area contributed by atoms with Gasteiger partial charge < -0.3 is 9.32 Å². The van der Waals surface area contributed by atoms with Crippen LogP contribution in [0.25, 0.3) is 0 Å². The molecule has 0 saturated heterocycles. The van der Waals surface area contributed by atoms with Crippen LogP contribution in [0.15, 0.2) is 47.1 Å². The molecule has 0 spiro atoms. The van der Waals surface area contributed by atoms with E-state index in [1.807, 2.05) is 6.07 Å². The van der Waals surface area contributed by atoms with E-state index >= 15 is 0 Å². The van der Waals surface area contributed by atoms with Gasteiger partial charge in [0.25, 0.3) is 0 Å². The number of carbonyl (C=O) groups excluding carboxylic acids is 1. The lowest BCUT2D eigenvalue weighted by Crippen LogP contribution is -2.31. The van der Waals surface area contributed by atoms with Crippen LogP contribution in [0.1, 0.15) is 24.2 Å². The lowest BCUT2D eigenvalue weighted by Gasteiger charge is -2.20. The van der Waals surface area contributed by atoms with Gasteiger partial charge >= 0.3 is 0 Å². The normalized spacial score (nSPS) is 10.2. The highest BCUT2D eigenvalue weighted by molar-refractivity contribution is 5.76. The first-order valence-electron chi connectivity index (χ1n) is 7.10. The number of aryl methyl sites for hydroxylation is 1. The van der Waals surface area contributed by atoms with Crippen LogP contribution in [0.5, 0.6) is 0 Å². The molecule has 5 heteroatoms. The van der Waals surface area contributed by atoms with Gasteiger partial charge in [0.15, 0.2) is 0 Å². The van der Waals surface area contributed by atoms with Crippen molar-refractivity contribution in [3.05, 3.63) is 59.8 Å². The molecule has 4 nitrogen and oxygen atoms in total. The second-order valence-corrected chi connectivity index (χ2v) is 4.93. The molecule has 22 heavy (non-hydrogen) atoms. The summed E-state index contributed by atoms with van der Waals surface area (Å²) in [7, 11) is 0. The van der Waals surface area contributed by atoms with Crippen molar-refractivity contribution in [1.29, 1.82) is 5.26 Å². The van der Waals surface area contributed by atoms with Crippen molar-refractivity contribution in [2.24, 2.45) is 0 Å². The zero-order valence-corrected chi connectivity index (χ0v) is 12.2. The summed E-state index contributed by atoms with van der Waals surface area (Å²) in [6.45, 7) is 0.733. The van der Waals surface area contributed by atoms with Crippen LogP contribution in [0.2, 0.25) is 0 Å². The molecule has 2 aromatic rings. The van der Waals surface area contributed by atoms with E-state index in [4.69, 9.17) is 9.68 Å². The number of benzene rings is 1. The number of amides is 1. The Morgan fingerprint density at radius 3 is 2.68 bits per heavy atom. The molecule has 0 N–H and O–H groups in total. The molecule has 0 aliphatic carbocycles. The number of carbonyl (C=O) groups is 1. The van der Waals surface area contributed by atoms with Crippen molar-refractivity contribution in [2.45, 2.75) is 25.8 Å². The molecule has 0 fully saturated rings. The zero-order valence-electron chi connectivity index (χ0n) is 12.2. The summed E-state index contributed by atoms with van der Waals surface area (Å²) in [6.07, 6.45) is 2.70. The predicted octanol–water partition coefficient (Wildman–Crippen LogP) is 3.29. The van der Waals surface area contributed by atoms with E-state index in [1.165, 1.54) is 12.1 Å². The van der Waals surface area contributed by atoms with Crippen LogP contribution < -0.4 is 0 Å². The number of furan rings is 1. The Morgan fingerprint density at radius 1 is 1.27 bits per heavy atom.